The van der Waals surface area contributed by atoms with Gasteiger partial charge in [-0.1, -0.05) is 33.1 Å². The fourth-order valence-corrected chi connectivity index (χ4v) is 4.08. The van der Waals surface area contributed by atoms with E-state index in [2.05, 4.69) is 27.2 Å². The van der Waals surface area contributed by atoms with Crippen LogP contribution in [0.1, 0.15) is 58.2 Å². The van der Waals surface area contributed by atoms with Crippen molar-refractivity contribution in [3.8, 4) is 0 Å². The van der Waals surface area contributed by atoms with Crippen LogP contribution in [0.2, 0.25) is 0 Å². The molecule has 0 aliphatic rings. The Balaban J connectivity index is 1.87. The number of anilines is 1. The number of unbranched alkanes of at least 4 members (excludes halogenated alkanes) is 3. The number of aromatic amines is 1. The molecule has 0 atom stereocenters. The molecule has 3 aromatic heterocycles. The van der Waals surface area contributed by atoms with Crippen LogP contribution in [-0.4, -0.2) is 36.2 Å². The second kappa shape index (κ2) is 11.8. The maximum Gasteiger partial charge on any atom is 0.330 e. The Hall–Kier alpha value is -2.88. The molecule has 0 bridgehead atoms. The number of aryl methyl sites for hydroxylation is 3. The fraction of sp³-hybridized carbons (Fsp3) is 0.522. The number of aromatic nitrogens is 5. The lowest BCUT2D eigenvalue weighted by atomic mass is 10.2. The number of amides is 1. The smallest absolute Gasteiger partial charge is 0.325 e. The molecule has 0 saturated heterocycles. The van der Waals surface area contributed by atoms with Gasteiger partial charge in [-0.3, -0.25) is 19.1 Å². The summed E-state index contributed by atoms with van der Waals surface area (Å²) >= 11 is 1.54. The molecule has 9 nitrogen and oxygen atoms in total. The summed E-state index contributed by atoms with van der Waals surface area (Å²) in [6.07, 6.45) is 8.84. The molecule has 0 aliphatic heterocycles. The zero-order valence-corrected chi connectivity index (χ0v) is 20.3. The predicted octanol–water partition coefficient (Wildman–Crippen LogP) is 3.56. The zero-order valence-electron chi connectivity index (χ0n) is 19.5. The number of nitrogens with one attached hydrogen (secondary N) is 2. The Kier molecular flexibility index (Phi) is 8.87. The van der Waals surface area contributed by atoms with E-state index in [1.54, 1.807) is 10.8 Å². The third-order valence-corrected chi connectivity index (χ3v) is 6.15. The summed E-state index contributed by atoms with van der Waals surface area (Å²) in [5.41, 5.74) is 0.584. The monoisotopic (exact) mass is 472 g/mol. The molecule has 0 fully saturated rings. The predicted molar refractivity (Wildman–Crippen MR) is 132 cm³/mol. The van der Waals surface area contributed by atoms with Gasteiger partial charge in [-0.05, 0) is 31.2 Å². The molecular weight excluding hydrogens is 440 g/mol. The van der Waals surface area contributed by atoms with Crippen molar-refractivity contribution < 1.29 is 4.79 Å². The van der Waals surface area contributed by atoms with E-state index < -0.39 is 11.2 Å². The van der Waals surface area contributed by atoms with Gasteiger partial charge >= 0.3 is 5.69 Å². The Bertz CT molecular complexity index is 1200. The van der Waals surface area contributed by atoms with Gasteiger partial charge in [0, 0.05) is 25.9 Å². The van der Waals surface area contributed by atoms with Gasteiger partial charge in [-0.15, -0.1) is 11.8 Å². The third-order valence-electron chi connectivity index (χ3n) is 5.49. The van der Waals surface area contributed by atoms with Gasteiger partial charge in [0.2, 0.25) is 5.91 Å². The first-order valence-corrected chi connectivity index (χ1v) is 12.7. The first kappa shape index (κ1) is 24.8. The second-order valence-corrected chi connectivity index (χ2v) is 8.79. The van der Waals surface area contributed by atoms with Gasteiger partial charge in [0.1, 0.15) is 5.82 Å². The van der Waals surface area contributed by atoms with Crippen molar-refractivity contribution in [2.24, 2.45) is 0 Å². The van der Waals surface area contributed by atoms with E-state index in [1.165, 1.54) is 11.8 Å². The van der Waals surface area contributed by atoms with Crippen molar-refractivity contribution in [3.63, 3.8) is 0 Å². The standard InChI is InChI=1S/C23H32N6O3S/c1-4-6-8-14-28-17(10-11-18(30)25-16-9-12-19(33-3)24-15-16)26-21-20(28)22(31)27-23(32)29(21)13-7-5-2/h9,12,15H,4-8,10-11,13-14H2,1-3H3,(H,25,30)(H,27,31,32). The van der Waals surface area contributed by atoms with Gasteiger partial charge in [0.15, 0.2) is 11.2 Å². The normalized spacial score (nSPS) is 11.2. The summed E-state index contributed by atoms with van der Waals surface area (Å²) in [4.78, 5) is 49.1. The van der Waals surface area contributed by atoms with Gasteiger partial charge in [0.25, 0.3) is 5.56 Å². The topological polar surface area (TPSA) is 115 Å². The number of nitrogens with zero attached hydrogens (tertiary/aromatic N) is 4. The molecule has 1 amide bonds. The van der Waals surface area contributed by atoms with Gasteiger partial charge in [0.05, 0.1) is 16.9 Å². The quantitative estimate of drug-likeness (QED) is 0.308. The minimum Gasteiger partial charge on any atom is -0.325 e. The number of thioether (sulfide) groups is 1. The maximum absolute atomic E-state index is 12.7. The summed E-state index contributed by atoms with van der Waals surface area (Å²) in [6.45, 7) is 5.28. The first-order chi connectivity index (χ1) is 16.0. The number of hydrogen-bond donors (Lipinski definition) is 2. The van der Waals surface area contributed by atoms with Crippen molar-refractivity contribution in [1.82, 2.24) is 24.1 Å². The zero-order chi connectivity index (χ0) is 23.8. The fourth-order valence-electron chi connectivity index (χ4n) is 3.72. The van der Waals surface area contributed by atoms with Gasteiger partial charge < -0.3 is 9.88 Å². The highest BCUT2D eigenvalue weighted by Crippen LogP contribution is 2.17. The number of hydrogen-bond acceptors (Lipinski definition) is 6. The Morgan fingerprint density at radius 2 is 1.85 bits per heavy atom. The molecular formula is C23H32N6O3S. The van der Waals surface area contributed by atoms with E-state index in [-0.39, 0.29) is 12.3 Å². The van der Waals surface area contributed by atoms with Crippen molar-refractivity contribution in [3.05, 3.63) is 45.0 Å². The Morgan fingerprint density at radius 3 is 2.52 bits per heavy atom. The van der Waals surface area contributed by atoms with Crippen LogP contribution in [0.25, 0.3) is 11.2 Å². The van der Waals surface area contributed by atoms with Crippen LogP contribution in [0, 0.1) is 0 Å². The van der Waals surface area contributed by atoms with Gasteiger partial charge in [-0.2, -0.15) is 0 Å². The average Bonchev–Trinajstić information content (AvgIpc) is 3.17. The number of rotatable bonds is 12. The number of carbonyl (C=O) groups is 1. The molecule has 0 radical (unpaired) electrons. The molecule has 0 spiro atoms. The Morgan fingerprint density at radius 1 is 1.09 bits per heavy atom. The first-order valence-electron chi connectivity index (χ1n) is 11.5. The largest absolute Gasteiger partial charge is 0.330 e. The van der Waals surface area contributed by atoms with Crippen molar-refractivity contribution >= 4 is 34.5 Å². The van der Waals surface area contributed by atoms with E-state index in [4.69, 9.17) is 0 Å². The van der Waals surface area contributed by atoms with Crippen LogP contribution < -0.4 is 16.6 Å². The molecule has 33 heavy (non-hydrogen) atoms. The number of pyridine rings is 1. The lowest BCUT2D eigenvalue weighted by Gasteiger charge is -2.09. The molecule has 3 aromatic rings. The molecule has 0 saturated carbocycles. The maximum atomic E-state index is 12.7. The van der Waals surface area contributed by atoms with Crippen LogP contribution in [0.15, 0.2) is 32.9 Å². The lowest BCUT2D eigenvalue weighted by molar-refractivity contribution is -0.116. The highest BCUT2D eigenvalue weighted by atomic mass is 32.2. The molecule has 0 aromatic carbocycles. The molecule has 0 aliphatic carbocycles. The highest BCUT2D eigenvalue weighted by molar-refractivity contribution is 7.98. The molecule has 3 heterocycles. The molecule has 178 valence electrons. The average molecular weight is 473 g/mol. The van der Waals surface area contributed by atoms with Crippen LogP contribution in [0.4, 0.5) is 5.69 Å². The van der Waals surface area contributed by atoms with Gasteiger partial charge in [-0.25, -0.2) is 14.8 Å². The second-order valence-electron chi connectivity index (χ2n) is 7.96. The van der Waals surface area contributed by atoms with E-state index in [0.717, 1.165) is 37.1 Å². The molecule has 10 heteroatoms. The van der Waals surface area contributed by atoms with Crippen LogP contribution in [-0.2, 0) is 24.3 Å². The minimum absolute atomic E-state index is 0.154. The summed E-state index contributed by atoms with van der Waals surface area (Å²) in [6, 6.07) is 3.68. The van der Waals surface area contributed by atoms with Crippen molar-refractivity contribution in [1.29, 1.82) is 0 Å². The van der Waals surface area contributed by atoms with Crippen molar-refractivity contribution in [2.75, 3.05) is 11.6 Å². The van der Waals surface area contributed by atoms with E-state index in [1.807, 2.05) is 29.9 Å². The van der Waals surface area contributed by atoms with Crippen LogP contribution in [0.3, 0.4) is 0 Å². The summed E-state index contributed by atoms with van der Waals surface area (Å²) in [5, 5.41) is 3.74. The van der Waals surface area contributed by atoms with E-state index >= 15 is 0 Å². The third kappa shape index (κ3) is 6.13. The summed E-state index contributed by atoms with van der Waals surface area (Å²) < 4.78 is 3.42. The summed E-state index contributed by atoms with van der Waals surface area (Å²) in [7, 11) is 0. The highest BCUT2D eigenvalue weighted by Gasteiger charge is 2.19. The number of fused-ring (bicyclic) bond motifs is 1. The lowest BCUT2D eigenvalue weighted by Crippen LogP contribution is -2.31. The molecule has 3 rings (SSSR count). The minimum atomic E-state index is -0.440. The Labute approximate surface area is 197 Å². The number of imidazole rings is 1. The van der Waals surface area contributed by atoms with Crippen molar-refractivity contribution in [2.45, 2.75) is 76.9 Å². The number of carbonyl (C=O) groups excluding carboxylic acids is 1. The number of H-pyrrole nitrogens is 1. The van der Waals surface area contributed by atoms with Crippen LogP contribution >= 0.6 is 11.8 Å². The molecule has 0 unspecified atom stereocenters. The van der Waals surface area contributed by atoms with E-state index in [0.29, 0.717) is 42.2 Å². The molecule has 2 N–H and O–H groups in total. The van der Waals surface area contributed by atoms with Crippen LogP contribution in [0.5, 0.6) is 0 Å². The summed E-state index contributed by atoms with van der Waals surface area (Å²) in [5.74, 6) is 0.492. The van der Waals surface area contributed by atoms with E-state index in [9.17, 15) is 14.4 Å². The SMILES string of the molecule is CCCCCn1c(CCC(=O)Nc2ccc(SC)nc2)nc2c1c(=O)[nH]c(=O)n2CCCC.